The van der Waals surface area contributed by atoms with Crippen LogP contribution < -0.4 is 10.6 Å². The van der Waals surface area contributed by atoms with Crippen molar-refractivity contribution >= 4 is 50.8 Å². The lowest BCUT2D eigenvalue weighted by Gasteiger charge is -2.03. The van der Waals surface area contributed by atoms with Gasteiger partial charge in [-0.15, -0.1) is 0 Å². The number of fused-ring (bicyclic) bond motifs is 2. The number of hydrogen-bond donors (Lipinski definition) is 3. The van der Waals surface area contributed by atoms with E-state index in [0.29, 0.717) is 33.6 Å². The SMILES string of the molecule is O=C1Nc2c(Br)cccc2/C1=C1/Nc2ccc(/C=N/O)cc2C1=O. The first-order valence-corrected chi connectivity index (χ1v) is 7.87. The summed E-state index contributed by atoms with van der Waals surface area (Å²) in [7, 11) is 0. The number of amides is 1. The Hall–Kier alpha value is -2.93. The van der Waals surface area contributed by atoms with Crippen LogP contribution in [0.3, 0.4) is 0 Å². The van der Waals surface area contributed by atoms with E-state index in [9.17, 15) is 9.59 Å². The van der Waals surface area contributed by atoms with Crippen LogP contribution in [0.4, 0.5) is 11.4 Å². The second-order valence-electron chi connectivity index (χ2n) is 5.37. The van der Waals surface area contributed by atoms with Crippen LogP contribution in [0.1, 0.15) is 21.5 Å². The minimum atomic E-state index is -0.322. The van der Waals surface area contributed by atoms with E-state index in [-0.39, 0.29) is 17.4 Å². The molecule has 0 radical (unpaired) electrons. The molecule has 24 heavy (non-hydrogen) atoms. The molecule has 3 N–H and O–H groups in total. The molecule has 0 aromatic heterocycles. The first-order chi connectivity index (χ1) is 11.6. The topological polar surface area (TPSA) is 90.8 Å². The second-order valence-corrected chi connectivity index (χ2v) is 6.22. The molecule has 0 saturated carbocycles. The minimum Gasteiger partial charge on any atom is -0.411 e. The zero-order valence-corrected chi connectivity index (χ0v) is 13.7. The average molecular weight is 384 g/mol. The summed E-state index contributed by atoms with van der Waals surface area (Å²) in [6.07, 6.45) is 1.24. The normalized spacial score (nSPS) is 18.5. The van der Waals surface area contributed by atoms with Crippen molar-refractivity contribution in [3.63, 3.8) is 0 Å². The third kappa shape index (κ3) is 2.05. The number of carbonyl (C=O) groups is 2. The molecule has 2 aliphatic heterocycles. The van der Waals surface area contributed by atoms with Gasteiger partial charge in [0.2, 0.25) is 5.78 Å². The van der Waals surface area contributed by atoms with Crippen LogP contribution >= 0.6 is 15.9 Å². The Kier molecular flexibility index (Phi) is 3.24. The fraction of sp³-hybridized carbons (Fsp3) is 0. The Balaban J connectivity index is 1.87. The summed E-state index contributed by atoms with van der Waals surface area (Å²) < 4.78 is 0.758. The molecule has 0 unspecified atom stereocenters. The molecule has 1 amide bonds. The third-order valence-corrected chi connectivity index (χ3v) is 4.64. The predicted octanol–water partition coefficient (Wildman–Crippen LogP) is 3.23. The number of rotatable bonds is 1. The standard InChI is InChI=1S/C17H10BrN3O3/c18-11-3-1-2-9-13(17(23)21-14(9)11)15-16(22)10-6-8(7-19-24)4-5-12(10)20-15/h1-7,20,24H,(H,21,23)/b15-13-,19-7+. The van der Waals surface area contributed by atoms with Crippen molar-refractivity contribution in [1.29, 1.82) is 0 Å². The number of halogens is 1. The molecular formula is C17H10BrN3O3. The van der Waals surface area contributed by atoms with Crippen LogP contribution in [0.25, 0.3) is 5.57 Å². The van der Waals surface area contributed by atoms with Crippen LogP contribution in [-0.2, 0) is 4.79 Å². The molecule has 0 spiro atoms. The van der Waals surface area contributed by atoms with E-state index in [1.807, 2.05) is 12.1 Å². The lowest BCUT2D eigenvalue weighted by atomic mass is 10.0. The monoisotopic (exact) mass is 383 g/mol. The fourth-order valence-electron chi connectivity index (χ4n) is 2.91. The molecule has 0 bridgehead atoms. The van der Waals surface area contributed by atoms with Crippen molar-refractivity contribution in [1.82, 2.24) is 0 Å². The summed E-state index contributed by atoms with van der Waals surface area (Å²) >= 11 is 3.40. The molecule has 0 aliphatic carbocycles. The molecule has 0 atom stereocenters. The van der Waals surface area contributed by atoms with E-state index in [4.69, 9.17) is 5.21 Å². The molecule has 0 saturated heterocycles. The lowest BCUT2D eigenvalue weighted by molar-refractivity contribution is -0.110. The zero-order valence-electron chi connectivity index (χ0n) is 12.1. The summed E-state index contributed by atoms with van der Waals surface area (Å²) in [6.45, 7) is 0. The van der Waals surface area contributed by atoms with Crippen LogP contribution in [0.15, 0.2) is 51.7 Å². The van der Waals surface area contributed by atoms with Gasteiger partial charge in [0.05, 0.1) is 17.5 Å². The van der Waals surface area contributed by atoms with Crippen LogP contribution in [0.5, 0.6) is 0 Å². The van der Waals surface area contributed by atoms with E-state index in [1.165, 1.54) is 6.21 Å². The van der Waals surface area contributed by atoms with E-state index >= 15 is 0 Å². The van der Waals surface area contributed by atoms with Gasteiger partial charge >= 0.3 is 0 Å². The van der Waals surface area contributed by atoms with Gasteiger partial charge in [0.15, 0.2) is 0 Å². The molecule has 2 aromatic rings. The summed E-state index contributed by atoms with van der Waals surface area (Å²) in [4.78, 5) is 25.2. The quantitative estimate of drug-likeness (QED) is 0.305. The summed E-state index contributed by atoms with van der Waals surface area (Å²) in [5, 5.41) is 17.4. The number of hydrogen-bond acceptors (Lipinski definition) is 5. The number of para-hydroxylation sites is 1. The molecular weight excluding hydrogens is 374 g/mol. The average Bonchev–Trinajstić information content (AvgIpc) is 3.06. The van der Waals surface area contributed by atoms with E-state index < -0.39 is 0 Å². The Bertz CT molecular complexity index is 979. The Morgan fingerprint density at radius 2 is 1.92 bits per heavy atom. The van der Waals surface area contributed by atoms with Crippen molar-refractivity contribution in [2.45, 2.75) is 0 Å². The number of oxime groups is 1. The molecule has 118 valence electrons. The maximum Gasteiger partial charge on any atom is 0.258 e. The molecule has 4 rings (SSSR count). The maximum absolute atomic E-state index is 12.8. The van der Waals surface area contributed by atoms with Gasteiger partial charge in [0.1, 0.15) is 5.70 Å². The summed E-state index contributed by atoms with van der Waals surface area (Å²) in [5.41, 5.74) is 3.55. The van der Waals surface area contributed by atoms with Gasteiger partial charge in [-0.2, -0.15) is 0 Å². The molecule has 6 nitrogen and oxygen atoms in total. The van der Waals surface area contributed by atoms with Gasteiger partial charge in [-0.05, 0) is 39.7 Å². The van der Waals surface area contributed by atoms with E-state index in [1.54, 1.807) is 24.3 Å². The summed E-state index contributed by atoms with van der Waals surface area (Å²) in [6, 6.07) is 10.5. The van der Waals surface area contributed by atoms with Crippen molar-refractivity contribution in [3.8, 4) is 0 Å². The molecule has 7 heteroatoms. The number of allylic oxidation sites excluding steroid dienone is 1. The van der Waals surface area contributed by atoms with Gasteiger partial charge in [-0.3, -0.25) is 9.59 Å². The Labute approximate surface area is 145 Å². The van der Waals surface area contributed by atoms with E-state index in [2.05, 4.69) is 31.7 Å². The maximum atomic E-state index is 12.8. The third-order valence-electron chi connectivity index (χ3n) is 3.98. The highest BCUT2D eigenvalue weighted by molar-refractivity contribution is 9.10. The Morgan fingerprint density at radius 1 is 1.08 bits per heavy atom. The van der Waals surface area contributed by atoms with Crippen LogP contribution in [0.2, 0.25) is 0 Å². The molecule has 0 fully saturated rings. The van der Waals surface area contributed by atoms with Crippen molar-refractivity contribution in [2.75, 3.05) is 10.6 Å². The van der Waals surface area contributed by atoms with Gasteiger partial charge in [-0.1, -0.05) is 23.4 Å². The van der Waals surface area contributed by atoms with Crippen molar-refractivity contribution < 1.29 is 14.8 Å². The van der Waals surface area contributed by atoms with Gasteiger partial charge in [0.25, 0.3) is 5.91 Å². The predicted molar refractivity (Wildman–Crippen MR) is 93.5 cm³/mol. The number of nitrogens with one attached hydrogen (secondary N) is 2. The van der Waals surface area contributed by atoms with Crippen LogP contribution in [0, 0.1) is 0 Å². The zero-order chi connectivity index (χ0) is 16.8. The van der Waals surface area contributed by atoms with Gasteiger partial charge < -0.3 is 15.8 Å². The number of carbonyl (C=O) groups excluding carboxylic acids is 2. The minimum absolute atomic E-state index is 0.248. The number of ketones is 1. The Morgan fingerprint density at radius 3 is 2.71 bits per heavy atom. The highest BCUT2D eigenvalue weighted by Gasteiger charge is 2.35. The number of Topliss-reactive ketones (excluding diaryl/α,β-unsaturated/α-hetero) is 1. The smallest absolute Gasteiger partial charge is 0.258 e. The number of nitrogens with zero attached hydrogens (tertiary/aromatic N) is 1. The molecule has 2 aromatic carbocycles. The van der Waals surface area contributed by atoms with Gasteiger partial charge in [-0.25, -0.2) is 0 Å². The number of anilines is 2. The van der Waals surface area contributed by atoms with Crippen molar-refractivity contribution in [2.24, 2.45) is 5.16 Å². The summed E-state index contributed by atoms with van der Waals surface area (Å²) in [5.74, 6) is -0.589. The van der Waals surface area contributed by atoms with Crippen LogP contribution in [-0.4, -0.2) is 23.1 Å². The van der Waals surface area contributed by atoms with Gasteiger partial charge in [0, 0.05) is 21.3 Å². The van der Waals surface area contributed by atoms with E-state index in [0.717, 1.165) is 4.47 Å². The highest BCUT2D eigenvalue weighted by Crippen LogP contribution is 2.41. The largest absolute Gasteiger partial charge is 0.411 e. The first kappa shape index (κ1) is 14.6. The number of benzene rings is 2. The first-order valence-electron chi connectivity index (χ1n) is 7.08. The molecule has 2 aliphatic rings. The van der Waals surface area contributed by atoms with Crippen molar-refractivity contribution in [3.05, 3.63) is 63.3 Å². The second kappa shape index (κ2) is 5.31. The highest BCUT2D eigenvalue weighted by atomic mass is 79.9. The molecule has 2 heterocycles. The lowest BCUT2D eigenvalue weighted by Crippen LogP contribution is -2.11. The fourth-order valence-corrected chi connectivity index (χ4v) is 3.38.